The third-order valence-corrected chi connectivity index (χ3v) is 22.7. The van der Waals surface area contributed by atoms with Crippen LogP contribution in [-0.2, 0) is 0 Å². The number of hydrogen-bond donors (Lipinski definition) is 0. The van der Waals surface area contributed by atoms with Crippen LogP contribution >= 0.6 is 0 Å². The molecule has 2 aliphatic rings. The van der Waals surface area contributed by atoms with E-state index in [2.05, 4.69) is 107 Å². The van der Waals surface area contributed by atoms with Gasteiger partial charge in [0.2, 0.25) is 0 Å². The summed E-state index contributed by atoms with van der Waals surface area (Å²) in [6.45, 7) is 29.8. The average molecular weight is 604 g/mol. The van der Waals surface area contributed by atoms with Crippen LogP contribution in [-0.4, -0.2) is 44.2 Å². The molecule has 0 aromatic rings. The van der Waals surface area contributed by atoms with Gasteiger partial charge in [-0.2, -0.15) is 0 Å². The molecular weight excluding hydrogens is 546 g/mol. The fourth-order valence-electron chi connectivity index (χ4n) is 7.30. The van der Waals surface area contributed by atoms with Gasteiger partial charge in [0.15, 0.2) is 0 Å². The van der Waals surface area contributed by atoms with Crippen molar-refractivity contribution in [1.82, 2.24) is 0 Å². The van der Waals surface area contributed by atoms with Crippen molar-refractivity contribution in [3.8, 4) is 0 Å². The molecule has 0 aromatic carbocycles. The molecule has 0 bridgehead atoms. The van der Waals surface area contributed by atoms with Gasteiger partial charge >= 0.3 is 248 Å². The van der Waals surface area contributed by atoms with E-state index in [1.807, 2.05) is 11.1 Å². The molecule has 0 radical (unpaired) electrons. The molecule has 0 N–H and O–H groups in total. The molecule has 0 amide bonds. The van der Waals surface area contributed by atoms with Crippen molar-refractivity contribution >= 4 is 44.2 Å². The van der Waals surface area contributed by atoms with Crippen molar-refractivity contribution in [3.63, 3.8) is 0 Å². The van der Waals surface area contributed by atoms with E-state index in [1.165, 1.54) is 38.5 Å². The molecule has 0 saturated carbocycles. The summed E-state index contributed by atoms with van der Waals surface area (Å²) in [5.41, 5.74) is 7.23. The number of rotatable bonds is 14. The van der Waals surface area contributed by atoms with E-state index in [1.54, 1.807) is 11.1 Å². The zero-order valence-electron chi connectivity index (χ0n) is 25.7. The van der Waals surface area contributed by atoms with Gasteiger partial charge in [0.05, 0.1) is 0 Å². The topological polar surface area (TPSA) is 0 Å². The predicted octanol–water partition coefficient (Wildman–Crippen LogP) is 11.0. The van der Waals surface area contributed by atoms with Crippen LogP contribution < -0.4 is 0 Å². The Labute approximate surface area is 245 Å². The van der Waals surface area contributed by atoms with E-state index >= 15 is 0 Å². The van der Waals surface area contributed by atoms with E-state index in [0.717, 1.165) is 11.8 Å². The Hall–Kier alpha value is 0.531. The zero-order valence-corrected chi connectivity index (χ0v) is 30.2. The van der Waals surface area contributed by atoms with Gasteiger partial charge in [-0.15, -0.1) is 0 Å². The molecule has 35 heavy (non-hydrogen) atoms. The molecule has 8 atom stereocenters. The molecule has 1 heteroatoms. The molecule has 0 fully saturated rings. The van der Waals surface area contributed by atoms with Crippen molar-refractivity contribution in [3.05, 3.63) is 46.6 Å². The molecule has 8 unspecified atom stereocenters. The van der Waals surface area contributed by atoms with Crippen molar-refractivity contribution in [2.75, 3.05) is 0 Å². The van der Waals surface area contributed by atoms with Gasteiger partial charge in [-0.25, -0.2) is 0 Å². The summed E-state index contributed by atoms with van der Waals surface area (Å²) in [5.74, 6) is 4.21. The third-order valence-electron chi connectivity index (χ3n) is 10.8. The second-order valence-electron chi connectivity index (χ2n) is 12.5. The maximum atomic E-state index is 2.80. The van der Waals surface area contributed by atoms with Gasteiger partial charge in [-0.3, -0.25) is 0 Å². The monoisotopic (exact) mass is 604 g/mol. The van der Waals surface area contributed by atoms with E-state index < -0.39 is 44.2 Å². The molecular formula is C34H58Ba. The summed E-state index contributed by atoms with van der Waals surface area (Å²) in [7, 11) is 0. The summed E-state index contributed by atoms with van der Waals surface area (Å²) in [6.07, 6.45) is 18.5. The van der Waals surface area contributed by atoms with Gasteiger partial charge < -0.3 is 0 Å². The van der Waals surface area contributed by atoms with Crippen molar-refractivity contribution in [2.24, 2.45) is 35.5 Å². The van der Waals surface area contributed by atoms with Gasteiger partial charge in [0.1, 0.15) is 0 Å². The summed E-state index contributed by atoms with van der Waals surface area (Å²) < 4.78 is 0.751. The first-order chi connectivity index (χ1) is 16.5. The zero-order chi connectivity index (χ0) is 26.6. The predicted molar refractivity (Wildman–Crippen MR) is 160 cm³/mol. The van der Waals surface area contributed by atoms with Gasteiger partial charge in [-0.05, 0) is 0 Å². The van der Waals surface area contributed by atoms with Crippen molar-refractivity contribution in [2.45, 2.75) is 121 Å². The Balaban J connectivity index is 2.87. The number of hydrogen-bond acceptors (Lipinski definition) is 0. The van der Waals surface area contributed by atoms with Crippen LogP contribution in [0.2, 0.25) is -0.234 Å². The Morgan fingerprint density at radius 1 is 0.514 bits per heavy atom. The summed E-state index contributed by atoms with van der Waals surface area (Å²) in [5, 5.41) is 0. The molecule has 2 rings (SSSR count). The Morgan fingerprint density at radius 3 is 1.09 bits per heavy atom. The van der Waals surface area contributed by atoms with Gasteiger partial charge in [0.25, 0.3) is 0 Å². The number of allylic oxidation sites excluding steroid dienone is 8. The fraction of sp³-hybridized carbons (Fsp3) is 0.765. The van der Waals surface area contributed by atoms with Gasteiger partial charge in [-0.1, -0.05) is 0 Å². The summed E-state index contributed by atoms with van der Waals surface area (Å²) in [4.78, 5) is 0. The Morgan fingerprint density at radius 2 is 0.829 bits per heavy atom. The molecule has 0 saturated heterocycles. The SMILES string of the molecule is CCC(C)C1=C(C(C)CC)[C]([Ba][C]2(C(C)CC)C=CC(C(C)CC)=C2C(C)CC)(C(C)CC)C=C1. The maximum absolute atomic E-state index is 2.80. The van der Waals surface area contributed by atoms with Gasteiger partial charge in [0, 0.05) is 0 Å². The van der Waals surface area contributed by atoms with Crippen LogP contribution in [0.1, 0.15) is 122 Å². The summed E-state index contributed by atoms with van der Waals surface area (Å²) >= 11 is -1.70. The van der Waals surface area contributed by atoms with E-state index in [-0.39, 0.29) is 0 Å². The van der Waals surface area contributed by atoms with Crippen LogP contribution in [0.15, 0.2) is 46.6 Å². The van der Waals surface area contributed by atoms with Crippen molar-refractivity contribution in [1.29, 1.82) is 0 Å². The van der Waals surface area contributed by atoms with E-state index in [4.69, 9.17) is 0 Å². The fourth-order valence-corrected chi connectivity index (χ4v) is 20.5. The van der Waals surface area contributed by atoms with Crippen LogP contribution in [0.5, 0.6) is 0 Å². The van der Waals surface area contributed by atoms with Crippen LogP contribution in [0.3, 0.4) is 0 Å². The third kappa shape index (κ3) is 5.93. The van der Waals surface area contributed by atoms with Crippen molar-refractivity contribution < 1.29 is 0 Å². The molecule has 0 aromatic heterocycles. The molecule has 196 valence electrons. The molecule has 0 nitrogen and oxygen atoms in total. The average Bonchev–Trinajstić information content (AvgIpc) is 3.46. The standard InChI is InChI=1S/2C17H29.Ba/c2*1-7-12(4)15-10-11-16(13(5)8-2)17(15)14(6)9-3;/h2*10-14H,7-9H2,1-6H3;. The van der Waals surface area contributed by atoms with E-state index in [9.17, 15) is 0 Å². The Bertz CT molecular complexity index is 758. The second-order valence-corrected chi connectivity index (χ2v) is 21.0. The Kier molecular flexibility index (Phi) is 12.3. The van der Waals surface area contributed by atoms with Crippen LogP contribution in [0, 0.1) is 35.5 Å². The molecule has 0 spiro atoms. The first-order valence-electron chi connectivity index (χ1n) is 15.4. The van der Waals surface area contributed by atoms with Crippen LogP contribution in [0.4, 0.5) is 0 Å². The second kappa shape index (κ2) is 13.5. The molecule has 2 aliphatic carbocycles. The quantitative estimate of drug-likeness (QED) is 0.173. The first kappa shape index (κ1) is 31.7. The molecule has 0 heterocycles. The minimum atomic E-state index is -1.70. The minimum absolute atomic E-state index is 0.375. The first-order valence-corrected chi connectivity index (χ1v) is 19.9. The molecule has 0 aliphatic heterocycles. The van der Waals surface area contributed by atoms with E-state index in [0.29, 0.717) is 23.4 Å². The summed E-state index contributed by atoms with van der Waals surface area (Å²) in [6, 6.07) is 0. The normalized spacial score (nSPS) is 29.4. The van der Waals surface area contributed by atoms with Crippen LogP contribution in [0.25, 0.3) is 0 Å².